The van der Waals surface area contributed by atoms with E-state index in [1.807, 2.05) is 6.20 Å². The SMILES string of the molecule is CC(CNC1CC1)Cc1c(Br)cnn1C(C)C. The maximum Gasteiger partial charge on any atom is 0.0635 e. The summed E-state index contributed by atoms with van der Waals surface area (Å²) in [5, 5.41) is 8.02. The molecule has 0 saturated heterocycles. The second kappa shape index (κ2) is 5.53. The van der Waals surface area contributed by atoms with Crippen LogP contribution in [0.25, 0.3) is 0 Å². The van der Waals surface area contributed by atoms with Crippen LogP contribution in [-0.4, -0.2) is 22.4 Å². The molecular weight excluding hydrogens is 278 g/mol. The fourth-order valence-electron chi connectivity index (χ4n) is 2.06. The molecule has 1 aliphatic carbocycles. The average Bonchev–Trinajstić information content (AvgIpc) is 3.02. The van der Waals surface area contributed by atoms with Crippen molar-refractivity contribution in [2.45, 2.75) is 52.1 Å². The Kier molecular flexibility index (Phi) is 4.26. The minimum atomic E-state index is 0.430. The standard InChI is InChI=1S/C13H22BrN3/c1-9(2)17-13(12(14)8-16-17)6-10(3)7-15-11-4-5-11/h8-11,15H,4-7H2,1-3H3. The molecule has 0 radical (unpaired) electrons. The summed E-state index contributed by atoms with van der Waals surface area (Å²) in [6.07, 6.45) is 5.72. The fraction of sp³-hybridized carbons (Fsp3) is 0.769. The van der Waals surface area contributed by atoms with E-state index in [1.165, 1.54) is 18.5 Å². The number of nitrogens with zero attached hydrogens (tertiary/aromatic N) is 2. The summed E-state index contributed by atoms with van der Waals surface area (Å²) in [6, 6.07) is 1.23. The molecule has 1 aliphatic rings. The molecule has 0 aliphatic heterocycles. The van der Waals surface area contributed by atoms with Crippen LogP contribution in [0.2, 0.25) is 0 Å². The number of hydrogen-bond donors (Lipinski definition) is 1. The maximum absolute atomic E-state index is 4.43. The van der Waals surface area contributed by atoms with Crippen molar-refractivity contribution in [1.82, 2.24) is 15.1 Å². The topological polar surface area (TPSA) is 29.9 Å². The summed E-state index contributed by atoms with van der Waals surface area (Å²) in [5.41, 5.74) is 1.32. The van der Waals surface area contributed by atoms with Gasteiger partial charge in [-0.2, -0.15) is 5.10 Å². The molecule has 1 N–H and O–H groups in total. The smallest absolute Gasteiger partial charge is 0.0635 e. The van der Waals surface area contributed by atoms with Crippen LogP contribution in [0.1, 0.15) is 45.3 Å². The van der Waals surface area contributed by atoms with Gasteiger partial charge in [0.25, 0.3) is 0 Å². The van der Waals surface area contributed by atoms with Gasteiger partial charge in [-0.1, -0.05) is 6.92 Å². The summed E-state index contributed by atoms with van der Waals surface area (Å²) in [7, 11) is 0. The molecule has 0 amide bonds. The summed E-state index contributed by atoms with van der Waals surface area (Å²) in [6.45, 7) is 7.77. The highest BCUT2D eigenvalue weighted by atomic mass is 79.9. The normalized spacial score (nSPS) is 17.7. The van der Waals surface area contributed by atoms with Gasteiger partial charge < -0.3 is 5.32 Å². The Labute approximate surface area is 112 Å². The predicted molar refractivity (Wildman–Crippen MR) is 74.2 cm³/mol. The number of nitrogens with one attached hydrogen (secondary N) is 1. The molecule has 0 spiro atoms. The molecule has 1 fully saturated rings. The first-order valence-corrected chi connectivity index (χ1v) is 7.32. The number of hydrogen-bond acceptors (Lipinski definition) is 2. The van der Waals surface area contributed by atoms with E-state index in [0.29, 0.717) is 12.0 Å². The first-order chi connectivity index (χ1) is 8.08. The third-order valence-corrected chi connectivity index (χ3v) is 3.87. The molecule has 1 atom stereocenters. The van der Waals surface area contributed by atoms with Crippen LogP contribution in [0.15, 0.2) is 10.7 Å². The quantitative estimate of drug-likeness (QED) is 0.874. The Hall–Kier alpha value is -0.350. The molecule has 3 nitrogen and oxygen atoms in total. The highest BCUT2D eigenvalue weighted by Gasteiger charge is 2.21. The molecule has 2 rings (SSSR count). The van der Waals surface area contributed by atoms with Crippen LogP contribution in [0.4, 0.5) is 0 Å². The van der Waals surface area contributed by atoms with E-state index < -0.39 is 0 Å². The van der Waals surface area contributed by atoms with Crippen molar-refractivity contribution in [3.63, 3.8) is 0 Å². The first-order valence-electron chi connectivity index (χ1n) is 6.53. The second-order valence-electron chi connectivity index (χ2n) is 5.47. The van der Waals surface area contributed by atoms with Crippen LogP contribution in [0, 0.1) is 5.92 Å². The zero-order valence-corrected chi connectivity index (χ0v) is 12.5. The van der Waals surface area contributed by atoms with Crippen LogP contribution in [0.3, 0.4) is 0 Å². The molecule has 1 aromatic rings. The molecule has 0 bridgehead atoms. The third-order valence-electron chi connectivity index (χ3n) is 3.21. The molecule has 17 heavy (non-hydrogen) atoms. The third kappa shape index (κ3) is 3.55. The van der Waals surface area contributed by atoms with Gasteiger partial charge in [0, 0.05) is 12.1 Å². The lowest BCUT2D eigenvalue weighted by molar-refractivity contribution is 0.457. The van der Waals surface area contributed by atoms with E-state index in [0.717, 1.165) is 23.5 Å². The van der Waals surface area contributed by atoms with Gasteiger partial charge >= 0.3 is 0 Å². The molecule has 1 saturated carbocycles. The monoisotopic (exact) mass is 299 g/mol. The maximum atomic E-state index is 4.43. The van der Waals surface area contributed by atoms with Crippen molar-refractivity contribution in [2.24, 2.45) is 5.92 Å². The Bertz CT molecular complexity index is 369. The summed E-state index contributed by atoms with van der Waals surface area (Å²) >= 11 is 3.60. The Morgan fingerprint density at radius 2 is 2.18 bits per heavy atom. The van der Waals surface area contributed by atoms with Crippen molar-refractivity contribution >= 4 is 15.9 Å². The minimum Gasteiger partial charge on any atom is -0.314 e. The van der Waals surface area contributed by atoms with Crippen molar-refractivity contribution in [1.29, 1.82) is 0 Å². The van der Waals surface area contributed by atoms with Crippen LogP contribution >= 0.6 is 15.9 Å². The fourth-order valence-corrected chi connectivity index (χ4v) is 2.50. The molecule has 96 valence electrons. The summed E-state index contributed by atoms with van der Waals surface area (Å²) < 4.78 is 3.27. The van der Waals surface area contributed by atoms with Crippen molar-refractivity contribution in [2.75, 3.05) is 6.54 Å². The van der Waals surface area contributed by atoms with Crippen LogP contribution < -0.4 is 5.32 Å². The molecule has 0 aromatic carbocycles. The van der Waals surface area contributed by atoms with E-state index in [-0.39, 0.29) is 0 Å². The van der Waals surface area contributed by atoms with Gasteiger partial charge in [0.2, 0.25) is 0 Å². The van der Waals surface area contributed by atoms with Gasteiger partial charge in [-0.05, 0) is 61.5 Å². The predicted octanol–water partition coefficient (Wildman–Crippen LogP) is 3.16. The van der Waals surface area contributed by atoms with E-state index >= 15 is 0 Å². The number of halogens is 1. The second-order valence-corrected chi connectivity index (χ2v) is 6.32. The number of aromatic nitrogens is 2. The largest absolute Gasteiger partial charge is 0.314 e. The van der Waals surface area contributed by atoms with Gasteiger partial charge in [-0.3, -0.25) is 4.68 Å². The van der Waals surface area contributed by atoms with Crippen LogP contribution in [-0.2, 0) is 6.42 Å². The molecule has 1 heterocycles. The van der Waals surface area contributed by atoms with E-state index in [2.05, 4.69) is 51.8 Å². The van der Waals surface area contributed by atoms with Crippen molar-refractivity contribution in [3.8, 4) is 0 Å². The zero-order valence-electron chi connectivity index (χ0n) is 10.9. The summed E-state index contributed by atoms with van der Waals surface area (Å²) in [5.74, 6) is 0.654. The van der Waals surface area contributed by atoms with E-state index in [4.69, 9.17) is 0 Å². The van der Waals surface area contributed by atoms with Gasteiger partial charge in [0.15, 0.2) is 0 Å². The van der Waals surface area contributed by atoms with Crippen molar-refractivity contribution in [3.05, 3.63) is 16.4 Å². The lowest BCUT2D eigenvalue weighted by Crippen LogP contribution is -2.25. The zero-order chi connectivity index (χ0) is 12.4. The Morgan fingerprint density at radius 3 is 2.76 bits per heavy atom. The minimum absolute atomic E-state index is 0.430. The molecule has 1 unspecified atom stereocenters. The van der Waals surface area contributed by atoms with Gasteiger partial charge in [-0.15, -0.1) is 0 Å². The molecular formula is C13H22BrN3. The van der Waals surface area contributed by atoms with Crippen LogP contribution in [0.5, 0.6) is 0 Å². The highest BCUT2D eigenvalue weighted by Crippen LogP contribution is 2.23. The van der Waals surface area contributed by atoms with E-state index in [1.54, 1.807) is 0 Å². The molecule has 4 heteroatoms. The Balaban J connectivity index is 1.93. The lowest BCUT2D eigenvalue weighted by atomic mass is 10.1. The van der Waals surface area contributed by atoms with Gasteiger partial charge in [-0.25, -0.2) is 0 Å². The average molecular weight is 300 g/mol. The Morgan fingerprint density at radius 1 is 1.47 bits per heavy atom. The lowest BCUT2D eigenvalue weighted by Gasteiger charge is -2.16. The molecule has 1 aromatic heterocycles. The number of rotatable bonds is 6. The summed E-state index contributed by atoms with van der Waals surface area (Å²) in [4.78, 5) is 0. The highest BCUT2D eigenvalue weighted by molar-refractivity contribution is 9.10. The van der Waals surface area contributed by atoms with Gasteiger partial charge in [0.1, 0.15) is 0 Å². The van der Waals surface area contributed by atoms with E-state index in [9.17, 15) is 0 Å². The first kappa shape index (κ1) is 13.1. The van der Waals surface area contributed by atoms with Gasteiger partial charge in [0.05, 0.1) is 16.4 Å². The van der Waals surface area contributed by atoms with Crippen molar-refractivity contribution < 1.29 is 0 Å².